The first kappa shape index (κ1) is 23.9. The molecule has 0 radical (unpaired) electrons. The van der Waals surface area contributed by atoms with E-state index in [0.29, 0.717) is 32.7 Å². The number of aromatic nitrogens is 1. The van der Waals surface area contributed by atoms with Crippen LogP contribution in [0.5, 0.6) is 0 Å². The van der Waals surface area contributed by atoms with Gasteiger partial charge in [0.1, 0.15) is 11.4 Å². The fraction of sp³-hybridized carbons (Fsp3) is 0.136. The molecule has 1 atom stereocenters. The molecule has 6 nitrogen and oxygen atoms in total. The van der Waals surface area contributed by atoms with Crippen LogP contribution in [-0.2, 0) is 10.4 Å². The first-order chi connectivity index (χ1) is 16.0. The Bertz CT molecular complexity index is 1430. The zero-order chi connectivity index (χ0) is 24.7. The SMILES string of the molecule is O=C(O)C[C@](O)(c1cnc(Sc2ccc3c(-c4ccc(F)cc4)cc(=O)oc3c2)s1)C(F)(F)F. The molecule has 0 aliphatic rings. The average molecular weight is 511 g/mol. The molecule has 0 unspecified atom stereocenters. The van der Waals surface area contributed by atoms with Crippen molar-refractivity contribution in [3.63, 3.8) is 0 Å². The van der Waals surface area contributed by atoms with Crippen molar-refractivity contribution in [1.29, 1.82) is 0 Å². The molecule has 0 fully saturated rings. The third-order valence-corrected chi connectivity index (χ3v) is 7.06. The third-order valence-electron chi connectivity index (χ3n) is 4.84. The van der Waals surface area contributed by atoms with Gasteiger partial charge in [0.05, 0.1) is 11.3 Å². The van der Waals surface area contributed by atoms with Gasteiger partial charge in [-0.15, -0.1) is 11.3 Å². The molecule has 4 rings (SSSR count). The van der Waals surface area contributed by atoms with Crippen LogP contribution in [0.4, 0.5) is 17.6 Å². The number of aliphatic hydroxyl groups is 1. The lowest BCUT2D eigenvalue weighted by atomic mass is 9.98. The van der Waals surface area contributed by atoms with Gasteiger partial charge >= 0.3 is 17.8 Å². The summed E-state index contributed by atoms with van der Waals surface area (Å²) in [7, 11) is 0. The second-order valence-electron chi connectivity index (χ2n) is 7.16. The summed E-state index contributed by atoms with van der Waals surface area (Å²) in [6, 6.07) is 11.6. The Kier molecular flexibility index (Phi) is 6.23. The lowest BCUT2D eigenvalue weighted by Crippen LogP contribution is -2.43. The summed E-state index contributed by atoms with van der Waals surface area (Å²) in [6.45, 7) is 0. The van der Waals surface area contributed by atoms with Crippen LogP contribution in [0.25, 0.3) is 22.1 Å². The molecule has 0 aliphatic heterocycles. The van der Waals surface area contributed by atoms with Crippen LogP contribution in [0.2, 0.25) is 0 Å². The van der Waals surface area contributed by atoms with Crippen molar-refractivity contribution in [3.05, 3.63) is 75.8 Å². The standard InChI is InChI=1S/C22H13F4NO5S2/c23-12-3-1-11(2-4-12)15-8-19(30)32-16-7-13(5-6-14(15)16)33-20-27-10-17(34-20)21(31,9-18(28)29)22(24,25)26/h1-8,10,31H,9H2,(H,28,29)/t21-/m0/s1. The predicted molar refractivity (Wildman–Crippen MR) is 116 cm³/mol. The van der Waals surface area contributed by atoms with E-state index in [0.717, 1.165) is 18.0 Å². The lowest BCUT2D eigenvalue weighted by molar-refractivity contribution is -0.267. The molecule has 0 saturated heterocycles. The van der Waals surface area contributed by atoms with Gasteiger partial charge in [-0.25, -0.2) is 14.2 Å². The molecule has 0 bridgehead atoms. The number of nitrogens with zero attached hydrogens (tertiary/aromatic N) is 1. The van der Waals surface area contributed by atoms with E-state index in [1.54, 1.807) is 12.1 Å². The number of thiazole rings is 1. The van der Waals surface area contributed by atoms with E-state index in [9.17, 15) is 32.3 Å². The minimum atomic E-state index is -5.22. The van der Waals surface area contributed by atoms with Crippen molar-refractivity contribution in [2.24, 2.45) is 0 Å². The molecule has 0 aliphatic carbocycles. The summed E-state index contributed by atoms with van der Waals surface area (Å²) in [6.07, 6.45) is -5.99. The molecule has 12 heteroatoms. The smallest absolute Gasteiger partial charge is 0.422 e. The molecule has 0 amide bonds. The molecule has 2 N–H and O–H groups in total. The van der Waals surface area contributed by atoms with E-state index in [1.807, 2.05) is 0 Å². The van der Waals surface area contributed by atoms with Crippen LogP contribution in [0.3, 0.4) is 0 Å². The summed E-state index contributed by atoms with van der Waals surface area (Å²) < 4.78 is 58.8. The van der Waals surface area contributed by atoms with Crippen molar-refractivity contribution >= 4 is 40.0 Å². The van der Waals surface area contributed by atoms with Gasteiger partial charge in [-0.05, 0) is 41.5 Å². The van der Waals surface area contributed by atoms with Gasteiger partial charge in [0.2, 0.25) is 5.60 Å². The number of hydrogen-bond donors (Lipinski definition) is 2. The number of carboxylic acids is 1. The summed E-state index contributed by atoms with van der Waals surface area (Å²) >= 11 is 1.45. The highest BCUT2D eigenvalue weighted by atomic mass is 32.2. The summed E-state index contributed by atoms with van der Waals surface area (Å²) in [5.74, 6) is -2.25. The molecule has 0 saturated carbocycles. The number of hydrogen-bond acceptors (Lipinski definition) is 7. The van der Waals surface area contributed by atoms with E-state index in [1.165, 1.54) is 36.4 Å². The maximum absolute atomic E-state index is 13.4. The fourth-order valence-corrected chi connectivity index (χ4v) is 5.31. The first-order valence-corrected chi connectivity index (χ1v) is 11.1. The lowest BCUT2D eigenvalue weighted by Gasteiger charge is -2.27. The Labute approximate surface area is 196 Å². The molecular formula is C22H13F4NO5S2. The monoisotopic (exact) mass is 511 g/mol. The topological polar surface area (TPSA) is 101 Å². The molecule has 4 aromatic rings. The van der Waals surface area contributed by atoms with Crippen LogP contribution < -0.4 is 5.63 Å². The van der Waals surface area contributed by atoms with Gasteiger partial charge in [-0.2, -0.15) is 13.2 Å². The van der Waals surface area contributed by atoms with E-state index in [2.05, 4.69) is 4.98 Å². The van der Waals surface area contributed by atoms with Crippen LogP contribution in [-0.4, -0.2) is 27.3 Å². The number of carbonyl (C=O) groups is 1. The van der Waals surface area contributed by atoms with Crippen LogP contribution in [0.1, 0.15) is 11.3 Å². The maximum Gasteiger partial charge on any atom is 0.422 e. The predicted octanol–water partition coefficient (Wildman–Crippen LogP) is 5.43. The van der Waals surface area contributed by atoms with Gasteiger partial charge in [-0.3, -0.25) is 4.79 Å². The zero-order valence-electron chi connectivity index (χ0n) is 16.8. The van der Waals surface area contributed by atoms with Gasteiger partial charge in [0.15, 0.2) is 4.34 Å². The molecule has 2 aromatic carbocycles. The Hall–Kier alpha value is -3.22. The van der Waals surface area contributed by atoms with Crippen molar-refractivity contribution in [2.75, 3.05) is 0 Å². The Morgan fingerprint density at radius 3 is 2.47 bits per heavy atom. The Balaban J connectivity index is 1.68. The number of alkyl halides is 3. The van der Waals surface area contributed by atoms with E-state index < -0.39 is 40.5 Å². The zero-order valence-corrected chi connectivity index (χ0v) is 18.4. The molecule has 176 valence electrons. The number of rotatable bonds is 6. The van der Waals surface area contributed by atoms with Crippen LogP contribution >= 0.6 is 23.1 Å². The number of aliphatic carboxylic acids is 1. The van der Waals surface area contributed by atoms with E-state index >= 15 is 0 Å². The summed E-state index contributed by atoms with van der Waals surface area (Å²) in [4.78, 5) is 26.7. The summed E-state index contributed by atoms with van der Waals surface area (Å²) in [5, 5.41) is 19.5. The van der Waals surface area contributed by atoms with Crippen LogP contribution in [0, 0.1) is 5.82 Å². The van der Waals surface area contributed by atoms with E-state index in [4.69, 9.17) is 9.52 Å². The molecular weight excluding hydrogens is 498 g/mol. The summed E-state index contributed by atoms with van der Waals surface area (Å²) in [5.41, 5.74) is -2.91. The second-order valence-corrected chi connectivity index (χ2v) is 9.52. The second kappa shape index (κ2) is 8.85. The minimum absolute atomic E-state index is 0.111. The maximum atomic E-state index is 13.4. The molecule has 2 heterocycles. The highest BCUT2D eigenvalue weighted by molar-refractivity contribution is 8.01. The molecule has 0 spiro atoms. The van der Waals surface area contributed by atoms with Crippen molar-refractivity contribution in [1.82, 2.24) is 4.98 Å². The van der Waals surface area contributed by atoms with Crippen molar-refractivity contribution in [3.8, 4) is 11.1 Å². The number of carboxylic acid groups (broad SMARTS) is 1. The van der Waals surface area contributed by atoms with Crippen molar-refractivity contribution < 1.29 is 37.0 Å². The highest BCUT2D eigenvalue weighted by Crippen LogP contribution is 2.45. The van der Waals surface area contributed by atoms with E-state index in [-0.39, 0.29) is 9.92 Å². The van der Waals surface area contributed by atoms with Gasteiger partial charge in [0, 0.05) is 22.5 Å². The minimum Gasteiger partial charge on any atom is -0.481 e. The number of benzene rings is 2. The average Bonchev–Trinajstić information content (AvgIpc) is 3.21. The number of fused-ring (bicyclic) bond motifs is 1. The van der Waals surface area contributed by atoms with Gasteiger partial charge in [-0.1, -0.05) is 23.9 Å². The Morgan fingerprint density at radius 1 is 1.12 bits per heavy atom. The van der Waals surface area contributed by atoms with Crippen LogP contribution in [0.15, 0.2) is 73.2 Å². The first-order valence-electron chi connectivity index (χ1n) is 9.45. The largest absolute Gasteiger partial charge is 0.481 e. The van der Waals surface area contributed by atoms with Gasteiger partial charge in [0.25, 0.3) is 0 Å². The highest BCUT2D eigenvalue weighted by Gasteiger charge is 2.57. The molecule has 2 aromatic heterocycles. The Morgan fingerprint density at radius 2 is 1.82 bits per heavy atom. The quantitative estimate of drug-likeness (QED) is 0.263. The van der Waals surface area contributed by atoms with Gasteiger partial charge < -0.3 is 14.6 Å². The number of halogens is 4. The third kappa shape index (κ3) is 4.69. The molecule has 34 heavy (non-hydrogen) atoms. The normalized spacial score (nSPS) is 13.7. The van der Waals surface area contributed by atoms with Crippen molar-refractivity contribution in [2.45, 2.75) is 27.4 Å². The fourth-order valence-electron chi connectivity index (χ4n) is 3.22.